The zero-order valence-electron chi connectivity index (χ0n) is 86.8. The van der Waals surface area contributed by atoms with Crippen molar-refractivity contribution in [2.75, 3.05) is 9.80 Å². The monoisotopic (exact) mass is 1930 g/mol. The van der Waals surface area contributed by atoms with Gasteiger partial charge in [0.2, 0.25) is 0 Å². The number of rotatable bonds is 30. The molecule has 0 bridgehead atoms. The van der Waals surface area contributed by atoms with Gasteiger partial charge in [0.05, 0.1) is 10.8 Å². The zero-order valence-corrected chi connectivity index (χ0v) is 86.8. The fourth-order valence-electron chi connectivity index (χ4n) is 24.0. The van der Waals surface area contributed by atoms with E-state index >= 15 is 0 Å². The molecule has 0 aliphatic heterocycles. The number of hydrogen-bond acceptors (Lipinski definition) is 4. The van der Waals surface area contributed by atoms with Gasteiger partial charge >= 0.3 is 0 Å². The Hall–Kier alpha value is -16.4. The molecule has 0 spiro atoms. The summed E-state index contributed by atoms with van der Waals surface area (Å²) < 4.78 is 13.2. The molecule has 0 saturated carbocycles. The van der Waals surface area contributed by atoms with E-state index in [1.165, 1.54) is 193 Å². The fraction of sp³-hybridized carbons (Fsp3) is 0.172. The summed E-state index contributed by atoms with van der Waals surface area (Å²) in [6.07, 6.45) is 9.58. The predicted octanol–water partition coefficient (Wildman–Crippen LogP) is 38.0. The van der Waals surface area contributed by atoms with Gasteiger partial charge in [0, 0.05) is 34.1 Å². The molecule has 0 heterocycles. The summed E-state index contributed by atoms with van der Waals surface area (Å²) in [6, 6.07) is 180. The van der Waals surface area contributed by atoms with Crippen LogP contribution in [-0.2, 0) is 55.1 Å². The van der Waals surface area contributed by atoms with Crippen LogP contribution in [0.1, 0.15) is 209 Å². The van der Waals surface area contributed by atoms with Crippen LogP contribution in [-0.4, -0.2) is 0 Å². The molecular formula is C145H128N2O2. The van der Waals surface area contributed by atoms with E-state index in [9.17, 15) is 0 Å². The molecule has 4 nitrogen and oxygen atoms in total. The normalized spacial score (nSPS) is 15.1. The standard InChI is InChI=1S/C74H67NO.C71H61NO/c1-6-53(60-27-25-59-26-28-61(59)48-60)47-51(2)54-23-21-52(22-24-54)50-76-68-44-37-64(38-45-68)74(63-35-33-62(34-36-63)73(3,4)5)71-20-14-13-19-69(71)70-46-43-67(49-72(70)74)75(65-39-29-57(30-40-65)55-15-9-7-10-16-55)66-41-31-58(32-42-66)56-17-11-8-12-18-56;1-4-52(59-27-25-58-26-28-60(58)46-59)45-50(3)53-23-21-51(22-24-53)48-73-66-42-35-62(36-43-66)71(61-33-19-49(2)20-34-61)69-18-12-11-17-67(69)68-44-41-65(47-70(68)71)72(63-37-29-56(30-38-63)54-13-7-5-8-14-54)64-39-31-57(32-40-64)55-15-9-6-10-16-55/h7-25,27,29-46,48-49,51,53H,6,26,28,47,50H2,1-5H3;5-25,27,29-44,46-47,50,52H,4,26,28,45,48H2,1-3H3. The number of nitrogens with zero attached hydrogens (tertiary/aromatic N) is 2. The van der Waals surface area contributed by atoms with E-state index in [1.54, 1.807) is 11.1 Å². The highest BCUT2D eigenvalue weighted by molar-refractivity contribution is 5.93. The highest BCUT2D eigenvalue weighted by Crippen LogP contribution is 2.61. The summed E-state index contributed by atoms with van der Waals surface area (Å²) in [7, 11) is 0. The highest BCUT2D eigenvalue weighted by atomic mass is 16.5. The van der Waals surface area contributed by atoms with Crippen molar-refractivity contribution in [1.82, 2.24) is 0 Å². The van der Waals surface area contributed by atoms with Crippen molar-refractivity contribution in [2.45, 2.75) is 160 Å². The molecule has 6 unspecified atom stereocenters. The Morgan fingerprint density at radius 1 is 0.255 bits per heavy atom. The van der Waals surface area contributed by atoms with Gasteiger partial charge < -0.3 is 19.3 Å². The van der Waals surface area contributed by atoms with Crippen LogP contribution in [0.15, 0.2) is 485 Å². The number of benzene rings is 20. The van der Waals surface area contributed by atoms with Crippen molar-refractivity contribution >= 4 is 34.1 Å². The summed E-state index contributed by atoms with van der Waals surface area (Å²) in [6.45, 7) is 19.5. The van der Waals surface area contributed by atoms with E-state index in [1.807, 2.05) is 0 Å². The molecule has 149 heavy (non-hydrogen) atoms. The first-order valence-corrected chi connectivity index (χ1v) is 53.8. The number of fused-ring (bicyclic) bond motifs is 8. The van der Waals surface area contributed by atoms with E-state index in [2.05, 4.69) is 550 Å². The van der Waals surface area contributed by atoms with Gasteiger partial charge in [-0.3, -0.25) is 0 Å². The van der Waals surface area contributed by atoms with Gasteiger partial charge in [-0.15, -0.1) is 0 Å². The minimum atomic E-state index is -0.624. The summed E-state index contributed by atoms with van der Waals surface area (Å²) in [5, 5.41) is 0. The molecule has 6 atom stereocenters. The Bertz CT molecular complexity index is 7920. The molecule has 4 aliphatic carbocycles. The number of anilines is 6. The second-order valence-corrected chi connectivity index (χ2v) is 42.7. The van der Waals surface area contributed by atoms with Crippen LogP contribution in [0.3, 0.4) is 0 Å². The van der Waals surface area contributed by atoms with E-state index in [-0.39, 0.29) is 5.41 Å². The lowest BCUT2D eigenvalue weighted by molar-refractivity contribution is 0.306. The third-order valence-electron chi connectivity index (χ3n) is 32.6. The first kappa shape index (κ1) is 96.1. The molecular weight excluding hydrogens is 1800 g/mol. The van der Waals surface area contributed by atoms with E-state index in [4.69, 9.17) is 9.47 Å². The third-order valence-corrected chi connectivity index (χ3v) is 32.6. The molecule has 4 heteroatoms. The molecule has 20 aromatic carbocycles. The Labute approximate surface area is 881 Å². The molecule has 0 radical (unpaired) electrons. The summed E-state index contributed by atoms with van der Waals surface area (Å²) in [5.41, 5.74) is 46.7. The second-order valence-electron chi connectivity index (χ2n) is 42.7. The smallest absolute Gasteiger partial charge is 0.119 e. The largest absolute Gasteiger partial charge is 0.489 e. The fourth-order valence-corrected chi connectivity index (χ4v) is 24.0. The average Bonchev–Trinajstić information content (AvgIpc) is 1.54. The Morgan fingerprint density at radius 3 is 0.846 bits per heavy atom. The van der Waals surface area contributed by atoms with Crippen LogP contribution in [0.4, 0.5) is 34.1 Å². The Kier molecular flexibility index (Phi) is 27.0. The van der Waals surface area contributed by atoms with Gasteiger partial charge in [-0.1, -0.05) is 442 Å². The first-order chi connectivity index (χ1) is 73.1. The Balaban J connectivity index is 0.000000164. The van der Waals surface area contributed by atoms with Crippen LogP contribution < -0.4 is 19.3 Å². The van der Waals surface area contributed by atoms with Crippen molar-refractivity contribution in [1.29, 1.82) is 0 Å². The summed E-state index contributed by atoms with van der Waals surface area (Å²) >= 11 is 0. The molecule has 0 N–H and O–H groups in total. The third kappa shape index (κ3) is 19.2. The van der Waals surface area contributed by atoms with E-state index in [0.29, 0.717) is 36.9 Å². The van der Waals surface area contributed by atoms with Crippen molar-refractivity contribution < 1.29 is 9.47 Å². The van der Waals surface area contributed by atoms with Gasteiger partial charge in [0.15, 0.2) is 0 Å². The van der Waals surface area contributed by atoms with Gasteiger partial charge in [-0.25, -0.2) is 0 Å². The molecule has 0 amide bonds. The summed E-state index contributed by atoms with van der Waals surface area (Å²) in [4.78, 5) is 4.83. The van der Waals surface area contributed by atoms with Crippen LogP contribution in [0, 0.1) is 6.92 Å². The predicted molar refractivity (Wildman–Crippen MR) is 623 cm³/mol. The highest BCUT2D eigenvalue weighted by Gasteiger charge is 2.49. The van der Waals surface area contributed by atoms with Crippen LogP contribution in [0.2, 0.25) is 0 Å². The van der Waals surface area contributed by atoms with Crippen molar-refractivity contribution in [2.24, 2.45) is 0 Å². The molecule has 0 fully saturated rings. The number of hydrogen-bond donors (Lipinski definition) is 0. The summed E-state index contributed by atoms with van der Waals surface area (Å²) in [5.74, 6) is 3.80. The molecule has 20 aromatic rings. The Morgan fingerprint density at radius 2 is 0.537 bits per heavy atom. The quantitative estimate of drug-likeness (QED) is 0.0448. The van der Waals surface area contributed by atoms with Crippen molar-refractivity contribution in [3.63, 3.8) is 0 Å². The minimum Gasteiger partial charge on any atom is -0.489 e. The SMILES string of the molecule is CCC(CC(C)c1ccc(COc2ccc(C3(c4ccc(C(C)(C)C)cc4)c4ccccc4-c4ccc(N(c5ccc(-c6ccccc6)cc5)c5ccc(-c6ccccc6)cc5)cc43)cc2)cc1)c1ccc2c(c1)CC2.CCC(CC(C)c1ccc(COc2ccc(C3(c4ccc(C)cc4)c4ccccc4-c4ccc(N(c5ccc(-c6ccccc6)cc5)c5ccc(-c6ccccc6)cc5)cc43)cc2)cc1)c1ccc2c(c1)CC2. The van der Waals surface area contributed by atoms with Gasteiger partial charge in [0.1, 0.15) is 24.7 Å². The molecule has 0 aromatic heterocycles. The average molecular weight is 1930 g/mol. The van der Waals surface area contributed by atoms with Gasteiger partial charge in [-0.05, 0) is 357 Å². The molecule has 730 valence electrons. The molecule has 24 rings (SSSR count). The van der Waals surface area contributed by atoms with Crippen LogP contribution in [0.25, 0.3) is 66.8 Å². The zero-order chi connectivity index (χ0) is 101. The van der Waals surface area contributed by atoms with Crippen LogP contribution >= 0.6 is 0 Å². The lowest BCUT2D eigenvalue weighted by Crippen LogP contribution is -2.29. The van der Waals surface area contributed by atoms with Gasteiger partial charge in [-0.2, -0.15) is 0 Å². The topological polar surface area (TPSA) is 24.9 Å². The molecule has 4 aliphatic rings. The van der Waals surface area contributed by atoms with Crippen molar-refractivity contribution in [3.05, 3.63) is 597 Å². The van der Waals surface area contributed by atoms with Gasteiger partial charge in [0.25, 0.3) is 0 Å². The van der Waals surface area contributed by atoms with E-state index < -0.39 is 10.8 Å². The van der Waals surface area contributed by atoms with Crippen molar-refractivity contribution in [3.8, 4) is 78.3 Å². The minimum absolute atomic E-state index is 0.00936. The maximum Gasteiger partial charge on any atom is 0.119 e. The van der Waals surface area contributed by atoms with Crippen LogP contribution in [0.5, 0.6) is 11.5 Å². The maximum atomic E-state index is 6.62. The second kappa shape index (κ2) is 41.8. The number of ether oxygens (including phenoxy) is 2. The lowest BCUT2D eigenvalue weighted by Gasteiger charge is -2.35. The maximum absolute atomic E-state index is 6.62. The lowest BCUT2D eigenvalue weighted by atomic mass is 9.67. The molecule has 0 saturated heterocycles. The number of aryl methyl sites for hydroxylation is 5. The first-order valence-electron chi connectivity index (χ1n) is 53.8. The van der Waals surface area contributed by atoms with E-state index in [0.717, 1.165) is 71.3 Å².